The highest BCUT2D eigenvalue weighted by atomic mass is 16.3. The Morgan fingerprint density at radius 3 is 2.54 bits per heavy atom. The molecule has 3 aliphatic rings. The van der Waals surface area contributed by atoms with Gasteiger partial charge in [-0.1, -0.05) is 12.8 Å². The number of rotatable bonds is 3. The Kier molecular flexibility index (Phi) is 1.74. The van der Waals surface area contributed by atoms with Crippen LogP contribution in [0.3, 0.4) is 0 Å². The smallest absolute Gasteiger partial charge is 0.0678 e. The van der Waals surface area contributed by atoms with Crippen LogP contribution in [0.15, 0.2) is 0 Å². The molecule has 3 saturated carbocycles. The molecule has 0 spiro atoms. The zero-order valence-electron chi connectivity index (χ0n) is 8.34. The van der Waals surface area contributed by atoms with Crippen molar-refractivity contribution in [1.82, 2.24) is 0 Å². The molecule has 0 heterocycles. The topological polar surface area (TPSA) is 20.2 Å². The molecule has 2 bridgehead atoms. The summed E-state index contributed by atoms with van der Waals surface area (Å²) in [6.07, 6.45) is 10.5. The number of hydrogen-bond acceptors (Lipinski definition) is 1. The van der Waals surface area contributed by atoms with Gasteiger partial charge in [-0.05, 0) is 56.3 Å². The normalized spacial score (nSPS) is 48.7. The molecule has 3 rings (SSSR count). The molecular formula is C12H20O. The van der Waals surface area contributed by atoms with Crippen LogP contribution in [0.1, 0.15) is 51.4 Å². The van der Waals surface area contributed by atoms with Gasteiger partial charge in [-0.3, -0.25) is 0 Å². The molecule has 0 aliphatic heterocycles. The van der Waals surface area contributed by atoms with Gasteiger partial charge in [0.2, 0.25) is 0 Å². The van der Waals surface area contributed by atoms with Crippen LogP contribution in [0, 0.1) is 17.8 Å². The summed E-state index contributed by atoms with van der Waals surface area (Å²) < 4.78 is 0. The van der Waals surface area contributed by atoms with E-state index >= 15 is 0 Å². The van der Waals surface area contributed by atoms with E-state index in [4.69, 9.17) is 0 Å². The Morgan fingerprint density at radius 1 is 1.15 bits per heavy atom. The number of hydrogen-bond donors (Lipinski definition) is 1. The Morgan fingerprint density at radius 2 is 2.00 bits per heavy atom. The molecule has 3 unspecified atom stereocenters. The predicted octanol–water partition coefficient (Wildman–Crippen LogP) is 2.73. The summed E-state index contributed by atoms with van der Waals surface area (Å²) in [4.78, 5) is 0. The maximum atomic E-state index is 10.5. The maximum Gasteiger partial charge on any atom is 0.0678 e. The first kappa shape index (κ1) is 8.28. The summed E-state index contributed by atoms with van der Waals surface area (Å²) in [5.74, 6) is 2.55. The quantitative estimate of drug-likeness (QED) is 0.708. The van der Waals surface area contributed by atoms with Crippen molar-refractivity contribution in [1.29, 1.82) is 0 Å². The minimum atomic E-state index is -0.217. The largest absolute Gasteiger partial charge is 0.390 e. The second-order valence-corrected chi connectivity index (χ2v) is 5.67. The fourth-order valence-electron chi connectivity index (χ4n) is 3.58. The van der Waals surface area contributed by atoms with E-state index in [2.05, 4.69) is 0 Å². The Labute approximate surface area is 80.5 Å². The molecule has 0 aromatic carbocycles. The fourth-order valence-corrected chi connectivity index (χ4v) is 3.58. The standard InChI is InChI=1S/C12H20O/c13-12(6-5-9-1-2-9)8-10-3-4-11(12)7-10/h9-11,13H,1-8H2. The Bertz CT molecular complexity index is 209. The van der Waals surface area contributed by atoms with Crippen molar-refractivity contribution in [3.8, 4) is 0 Å². The molecule has 0 saturated heterocycles. The first-order valence-corrected chi connectivity index (χ1v) is 5.99. The van der Waals surface area contributed by atoms with Gasteiger partial charge in [-0.2, -0.15) is 0 Å². The van der Waals surface area contributed by atoms with Gasteiger partial charge in [0, 0.05) is 0 Å². The van der Waals surface area contributed by atoms with Gasteiger partial charge in [0.25, 0.3) is 0 Å². The molecule has 0 radical (unpaired) electrons. The molecular weight excluding hydrogens is 160 g/mol. The van der Waals surface area contributed by atoms with Crippen molar-refractivity contribution < 1.29 is 5.11 Å². The van der Waals surface area contributed by atoms with Crippen molar-refractivity contribution >= 4 is 0 Å². The summed E-state index contributed by atoms with van der Waals surface area (Å²) >= 11 is 0. The summed E-state index contributed by atoms with van der Waals surface area (Å²) in [6, 6.07) is 0. The third kappa shape index (κ3) is 1.41. The minimum Gasteiger partial charge on any atom is -0.390 e. The molecule has 1 N–H and O–H groups in total. The molecule has 1 nitrogen and oxygen atoms in total. The highest BCUT2D eigenvalue weighted by Crippen LogP contribution is 2.53. The Balaban J connectivity index is 1.60. The van der Waals surface area contributed by atoms with Crippen LogP contribution in [0.25, 0.3) is 0 Å². The van der Waals surface area contributed by atoms with E-state index in [-0.39, 0.29) is 5.60 Å². The first-order chi connectivity index (χ1) is 6.26. The van der Waals surface area contributed by atoms with Gasteiger partial charge >= 0.3 is 0 Å². The molecule has 74 valence electrons. The van der Waals surface area contributed by atoms with Crippen LogP contribution < -0.4 is 0 Å². The first-order valence-electron chi connectivity index (χ1n) is 5.99. The van der Waals surface area contributed by atoms with Gasteiger partial charge in [-0.25, -0.2) is 0 Å². The Hall–Kier alpha value is -0.0400. The zero-order chi connectivity index (χ0) is 8.89. The molecule has 3 fully saturated rings. The van der Waals surface area contributed by atoms with Crippen molar-refractivity contribution in [3.05, 3.63) is 0 Å². The molecule has 13 heavy (non-hydrogen) atoms. The summed E-state index contributed by atoms with van der Waals surface area (Å²) in [5, 5.41) is 10.5. The van der Waals surface area contributed by atoms with E-state index in [1.54, 1.807) is 0 Å². The maximum absolute atomic E-state index is 10.5. The van der Waals surface area contributed by atoms with Crippen LogP contribution in [-0.2, 0) is 0 Å². The molecule has 0 aromatic rings. The van der Waals surface area contributed by atoms with Crippen molar-refractivity contribution in [2.75, 3.05) is 0 Å². The third-order valence-corrected chi connectivity index (χ3v) is 4.63. The second-order valence-electron chi connectivity index (χ2n) is 5.67. The average Bonchev–Trinajstić information content (AvgIpc) is 2.75. The van der Waals surface area contributed by atoms with E-state index in [1.807, 2.05) is 0 Å². The van der Waals surface area contributed by atoms with Crippen LogP contribution in [0.4, 0.5) is 0 Å². The monoisotopic (exact) mass is 180 g/mol. The van der Waals surface area contributed by atoms with E-state index in [0.717, 1.165) is 24.7 Å². The van der Waals surface area contributed by atoms with E-state index < -0.39 is 0 Å². The number of fused-ring (bicyclic) bond motifs is 2. The fraction of sp³-hybridized carbons (Fsp3) is 1.00. The van der Waals surface area contributed by atoms with E-state index in [9.17, 15) is 5.11 Å². The lowest BCUT2D eigenvalue weighted by Gasteiger charge is -2.32. The molecule has 1 heteroatoms. The molecule has 3 aliphatic carbocycles. The van der Waals surface area contributed by atoms with Crippen LogP contribution in [0.2, 0.25) is 0 Å². The lowest BCUT2D eigenvalue weighted by Crippen LogP contribution is -2.35. The van der Waals surface area contributed by atoms with Crippen molar-refractivity contribution in [2.45, 2.75) is 57.0 Å². The second kappa shape index (κ2) is 2.73. The SMILES string of the molecule is OC1(CCC2CC2)CC2CCC1C2. The van der Waals surface area contributed by atoms with E-state index in [1.165, 1.54) is 38.5 Å². The lowest BCUT2D eigenvalue weighted by molar-refractivity contribution is -0.0231. The molecule has 3 atom stereocenters. The van der Waals surface area contributed by atoms with Gasteiger partial charge in [0.05, 0.1) is 5.60 Å². The minimum absolute atomic E-state index is 0.217. The highest BCUT2D eigenvalue weighted by Gasteiger charge is 2.49. The lowest BCUT2D eigenvalue weighted by atomic mass is 9.80. The highest BCUT2D eigenvalue weighted by molar-refractivity contribution is 5.01. The molecule has 0 amide bonds. The summed E-state index contributed by atoms with van der Waals surface area (Å²) in [7, 11) is 0. The van der Waals surface area contributed by atoms with Crippen molar-refractivity contribution in [2.24, 2.45) is 17.8 Å². The molecule has 0 aromatic heterocycles. The van der Waals surface area contributed by atoms with Gasteiger partial charge < -0.3 is 5.11 Å². The predicted molar refractivity (Wildman–Crippen MR) is 52.4 cm³/mol. The van der Waals surface area contributed by atoms with E-state index in [0.29, 0.717) is 5.92 Å². The average molecular weight is 180 g/mol. The van der Waals surface area contributed by atoms with Crippen LogP contribution in [0.5, 0.6) is 0 Å². The van der Waals surface area contributed by atoms with Gasteiger partial charge in [-0.15, -0.1) is 0 Å². The number of aliphatic hydroxyl groups is 1. The summed E-state index contributed by atoms with van der Waals surface area (Å²) in [6.45, 7) is 0. The van der Waals surface area contributed by atoms with Crippen molar-refractivity contribution in [3.63, 3.8) is 0 Å². The zero-order valence-corrected chi connectivity index (χ0v) is 8.34. The van der Waals surface area contributed by atoms with Gasteiger partial charge in [0.1, 0.15) is 0 Å². The van der Waals surface area contributed by atoms with Crippen LogP contribution >= 0.6 is 0 Å². The van der Waals surface area contributed by atoms with Gasteiger partial charge in [0.15, 0.2) is 0 Å². The third-order valence-electron chi connectivity index (χ3n) is 4.63. The summed E-state index contributed by atoms with van der Waals surface area (Å²) in [5.41, 5.74) is -0.217. The van der Waals surface area contributed by atoms with Crippen LogP contribution in [-0.4, -0.2) is 10.7 Å².